The van der Waals surface area contributed by atoms with Gasteiger partial charge < -0.3 is 9.52 Å². The van der Waals surface area contributed by atoms with Gasteiger partial charge in [0.05, 0.1) is 5.52 Å². The Hall–Kier alpha value is -2.63. The second-order valence-corrected chi connectivity index (χ2v) is 5.44. The molecule has 1 aliphatic carbocycles. The van der Waals surface area contributed by atoms with Crippen molar-refractivity contribution in [1.82, 2.24) is 4.57 Å². The minimum atomic E-state index is -0.507. The lowest BCUT2D eigenvalue weighted by molar-refractivity contribution is -0.123. The molecule has 1 N–H and O–H groups in total. The normalized spacial score (nSPS) is 15.6. The summed E-state index contributed by atoms with van der Waals surface area (Å²) in [6.45, 7) is 1.71. The third kappa shape index (κ3) is 1.99. The summed E-state index contributed by atoms with van der Waals surface area (Å²) >= 11 is 0. The summed E-state index contributed by atoms with van der Waals surface area (Å²) in [4.78, 5) is 35.5. The predicted octanol–water partition coefficient (Wildman–Crippen LogP) is 2.03. The molecule has 0 aliphatic heterocycles. The van der Waals surface area contributed by atoms with E-state index < -0.39 is 5.76 Å². The number of carbonyl (C=O) groups excluding carboxylic acids is 2. The molecule has 22 heavy (non-hydrogen) atoms. The maximum atomic E-state index is 12.0. The number of allylic oxidation sites excluding steroid dienone is 1. The smallest absolute Gasteiger partial charge is 0.419 e. The van der Waals surface area contributed by atoms with Crippen LogP contribution in [0.15, 0.2) is 26.9 Å². The number of ketones is 2. The quantitative estimate of drug-likeness (QED) is 0.494. The van der Waals surface area contributed by atoms with Crippen LogP contribution in [0.3, 0.4) is 0 Å². The second-order valence-electron chi connectivity index (χ2n) is 5.44. The van der Waals surface area contributed by atoms with Gasteiger partial charge in [0, 0.05) is 25.5 Å². The molecule has 1 fully saturated rings. The molecule has 2 aromatic rings. The SMILES string of the molecule is Cc1c(C(O)=C2C(=O)CCCC2=O)ccc2oc(=O)n(C)c12. The summed E-state index contributed by atoms with van der Waals surface area (Å²) in [7, 11) is 1.56. The summed E-state index contributed by atoms with van der Waals surface area (Å²) < 4.78 is 6.41. The van der Waals surface area contributed by atoms with E-state index in [2.05, 4.69) is 0 Å². The summed E-state index contributed by atoms with van der Waals surface area (Å²) in [5, 5.41) is 10.4. The Kier molecular flexibility index (Phi) is 3.24. The number of benzene rings is 1. The average molecular weight is 301 g/mol. The van der Waals surface area contributed by atoms with Crippen molar-refractivity contribution in [2.24, 2.45) is 7.05 Å². The monoisotopic (exact) mass is 301 g/mol. The fraction of sp³-hybridized carbons (Fsp3) is 0.312. The molecule has 0 bridgehead atoms. The van der Waals surface area contributed by atoms with Gasteiger partial charge in [0.25, 0.3) is 0 Å². The third-order valence-corrected chi connectivity index (χ3v) is 4.06. The summed E-state index contributed by atoms with van der Waals surface area (Å²) in [6, 6.07) is 3.10. The molecular formula is C16H15NO5. The Morgan fingerprint density at radius 3 is 2.45 bits per heavy atom. The first-order valence-corrected chi connectivity index (χ1v) is 7.01. The Morgan fingerprint density at radius 2 is 1.82 bits per heavy atom. The number of aliphatic hydroxyl groups excluding tert-OH is 1. The van der Waals surface area contributed by atoms with Gasteiger partial charge in [-0.2, -0.15) is 0 Å². The number of aliphatic hydroxyl groups is 1. The van der Waals surface area contributed by atoms with Gasteiger partial charge in [-0.05, 0) is 31.0 Å². The molecule has 6 nitrogen and oxygen atoms in total. The Labute approximate surface area is 125 Å². The molecule has 0 saturated heterocycles. The fourth-order valence-corrected chi connectivity index (χ4v) is 2.90. The molecule has 6 heteroatoms. The molecule has 1 heterocycles. The lowest BCUT2D eigenvalue weighted by Gasteiger charge is -2.15. The van der Waals surface area contributed by atoms with Crippen molar-refractivity contribution in [2.75, 3.05) is 0 Å². The molecule has 1 saturated carbocycles. The highest BCUT2D eigenvalue weighted by molar-refractivity contribution is 6.25. The number of aromatic nitrogens is 1. The summed E-state index contributed by atoms with van der Waals surface area (Å²) in [5.74, 6) is -1.50. The minimum Gasteiger partial charge on any atom is -0.506 e. The lowest BCUT2D eigenvalue weighted by atomic mass is 9.89. The van der Waals surface area contributed by atoms with Crippen LogP contribution in [0.1, 0.15) is 30.4 Å². The maximum Gasteiger partial charge on any atom is 0.419 e. The van der Waals surface area contributed by atoms with Crippen LogP contribution >= 0.6 is 0 Å². The van der Waals surface area contributed by atoms with Gasteiger partial charge in [-0.1, -0.05) is 0 Å². The van der Waals surface area contributed by atoms with Crippen molar-refractivity contribution in [3.8, 4) is 0 Å². The topological polar surface area (TPSA) is 89.5 Å². The molecule has 0 unspecified atom stereocenters. The van der Waals surface area contributed by atoms with Crippen LogP contribution < -0.4 is 5.76 Å². The van der Waals surface area contributed by atoms with Gasteiger partial charge in [-0.3, -0.25) is 14.2 Å². The molecular weight excluding hydrogens is 286 g/mol. The van der Waals surface area contributed by atoms with Crippen LogP contribution in [0.4, 0.5) is 0 Å². The molecule has 1 aromatic carbocycles. The van der Waals surface area contributed by atoms with E-state index in [1.165, 1.54) is 4.57 Å². The first kappa shape index (κ1) is 14.3. The van der Waals surface area contributed by atoms with Crippen LogP contribution in [0.2, 0.25) is 0 Å². The van der Waals surface area contributed by atoms with E-state index in [0.717, 1.165) is 0 Å². The van der Waals surface area contributed by atoms with E-state index in [0.29, 0.717) is 28.6 Å². The first-order chi connectivity index (χ1) is 10.4. The van der Waals surface area contributed by atoms with E-state index in [1.807, 2.05) is 0 Å². The molecule has 0 amide bonds. The number of hydrogen-bond acceptors (Lipinski definition) is 5. The first-order valence-electron chi connectivity index (χ1n) is 7.01. The van der Waals surface area contributed by atoms with E-state index in [9.17, 15) is 19.5 Å². The van der Waals surface area contributed by atoms with Crippen LogP contribution in [-0.4, -0.2) is 21.2 Å². The Morgan fingerprint density at radius 1 is 1.18 bits per heavy atom. The van der Waals surface area contributed by atoms with Crippen LogP contribution in [0, 0.1) is 6.92 Å². The third-order valence-electron chi connectivity index (χ3n) is 4.06. The Balaban J connectivity index is 2.28. The van der Waals surface area contributed by atoms with Crippen molar-refractivity contribution >= 4 is 28.4 Å². The van der Waals surface area contributed by atoms with Gasteiger partial charge in [-0.25, -0.2) is 4.79 Å². The molecule has 0 radical (unpaired) electrons. The highest BCUT2D eigenvalue weighted by Crippen LogP contribution is 2.29. The van der Waals surface area contributed by atoms with Crippen molar-refractivity contribution in [3.63, 3.8) is 0 Å². The van der Waals surface area contributed by atoms with Gasteiger partial charge in [0.1, 0.15) is 11.3 Å². The number of rotatable bonds is 1. The van der Waals surface area contributed by atoms with Gasteiger partial charge in [0.2, 0.25) is 0 Å². The van der Waals surface area contributed by atoms with E-state index >= 15 is 0 Å². The highest BCUT2D eigenvalue weighted by Gasteiger charge is 2.28. The lowest BCUT2D eigenvalue weighted by Crippen LogP contribution is -2.20. The van der Waals surface area contributed by atoms with Gasteiger partial charge in [-0.15, -0.1) is 0 Å². The number of oxazole rings is 1. The van der Waals surface area contributed by atoms with Crippen molar-refractivity contribution < 1.29 is 19.1 Å². The van der Waals surface area contributed by atoms with Gasteiger partial charge >= 0.3 is 5.76 Å². The fourth-order valence-electron chi connectivity index (χ4n) is 2.90. The van der Waals surface area contributed by atoms with E-state index in [4.69, 9.17) is 4.42 Å². The molecule has 3 rings (SSSR count). The zero-order chi connectivity index (χ0) is 16.0. The number of Topliss-reactive ketones (excluding diaryl/α,β-unsaturated/α-hetero) is 2. The molecule has 0 atom stereocenters. The molecule has 0 spiro atoms. The van der Waals surface area contributed by atoms with Crippen LogP contribution in [0.25, 0.3) is 16.9 Å². The molecule has 1 aliphatic rings. The zero-order valence-electron chi connectivity index (χ0n) is 12.3. The van der Waals surface area contributed by atoms with Gasteiger partial charge in [0.15, 0.2) is 17.1 Å². The Bertz CT molecular complexity index is 879. The standard InChI is InChI=1S/C16H15NO5/c1-8-9(6-7-12-14(8)17(2)16(21)22-12)15(20)13-10(18)4-3-5-11(13)19/h6-7,20H,3-5H2,1-2H3. The second kappa shape index (κ2) is 4.98. The van der Waals surface area contributed by atoms with Crippen molar-refractivity contribution in [3.05, 3.63) is 39.4 Å². The van der Waals surface area contributed by atoms with Crippen LogP contribution in [-0.2, 0) is 16.6 Å². The predicted molar refractivity (Wildman–Crippen MR) is 79.6 cm³/mol. The molecule has 1 aromatic heterocycles. The largest absolute Gasteiger partial charge is 0.506 e. The number of hydrogen-bond donors (Lipinski definition) is 1. The zero-order valence-corrected chi connectivity index (χ0v) is 12.3. The average Bonchev–Trinajstić information content (AvgIpc) is 2.75. The van der Waals surface area contributed by atoms with Crippen molar-refractivity contribution in [1.29, 1.82) is 0 Å². The van der Waals surface area contributed by atoms with Crippen molar-refractivity contribution in [2.45, 2.75) is 26.2 Å². The highest BCUT2D eigenvalue weighted by atomic mass is 16.4. The minimum absolute atomic E-state index is 0.137. The number of carbonyl (C=O) groups is 2. The number of fused-ring (bicyclic) bond motifs is 1. The summed E-state index contributed by atoms with van der Waals surface area (Å²) in [6.07, 6.45) is 1.04. The van der Waals surface area contributed by atoms with Crippen LogP contribution in [0.5, 0.6) is 0 Å². The van der Waals surface area contributed by atoms with E-state index in [-0.39, 0.29) is 35.7 Å². The molecule has 114 valence electrons. The van der Waals surface area contributed by atoms with E-state index in [1.54, 1.807) is 26.1 Å². The number of nitrogens with zero attached hydrogens (tertiary/aromatic N) is 1. The number of aryl methyl sites for hydroxylation is 2. The summed E-state index contributed by atoms with van der Waals surface area (Å²) in [5.41, 5.74) is 1.74. The maximum absolute atomic E-state index is 12.0.